The lowest BCUT2D eigenvalue weighted by molar-refractivity contribution is -0.385. The van der Waals surface area contributed by atoms with Crippen molar-refractivity contribution in [3.63, 3.8) is 0 Å². The fourth-order valence-electron chi connectivity index (χ4n) is 1.47. The zero-order valence-electron chi connectivity index (χ0n) is 10.8. The van der Waals surface area contributed by atoms with Gasteiger partial charge >= 0.3 is 0 Å². The summed E-state index contributed by atoms with van der Waals surface area (Å²) in [6.07, 6.45) is 2.06. The van der Waals surface area contributed by atoms with E-state index in [1.54, 1.807) is 17.8 Å². The van der Waals surface area contributed by atoms with Gasteiger partial charge in [0, 0.05) is 24.4 Å². The lowest BCUT2D eigenvalue weighted by atomic mass is 10.2. The third-order valence-corrected chi connectivity index (χ3v) is 3.53. The zero-order chi connectivity index (χ0) is 13.5. The fraction of sp³-hybridized carbons (Fsp3) is 0.500. The SMILES string of the molecule is COc1cc(CNCC(C)SC)cc([N+](=O)[O-])c1. The molecule has 1 unspecified atom stereocenters. The Morgan fingerprint density at radius 2 is 2.22 bits per heavy atom. The molecule has 1 N–H and O–H groups in total. The van der Waals surface area contributed by atoms with E-state index in [-0.39, 0.29) is 5.69 Å². The number of hydrogen-bond donors (Lipinski definition) is 1. The van der Waals surface area contributed by atoms with E-state index in [2.05, 4.69) is 18.5 Å². The monoisotopic (exact) mass is 270 g/mol. The molecule has 0 fully saturated rings. The Kier molecular flexibility index (Phi) is 5.94. The molecule has 0 aromatic heterocycles. The molecule has 0 aliphatic carbocycles. The molecule has 18 heavy (non-hydrogen) atoms. The van der Waals surface area contributed by atoms with Gasteiger partial charge in [0.2, 0.25) is 0 Å². The zero-order valence-corrected chi connectivity index (χ0v) is 11.6. The van der Waals surface area contributed by atoms with Crippen LogP contribution in [0.25, 0.3) is 0 Å². The molecule has 0 saturated carbocycles. The summed E-state index contributed by atoms with van der Waals surface area (Å²) in [7, 11) is 1.51. The van der Waals surface area contributed by atoms with Crippen molar-refractivity contribution in [2.75, 3.05) is 19.9 Å². The van der Waals surface area contributed by atoms with E-state index in [1.807, 2.05) is 6.07 Å². The quantitative estimate of drug-likeness (QED) is 0.609. The highest BCUT2D eigenvalue weighted by molar-refractivity contribution is 7.99. The van der Waals surface area contributed by atoms with E-state index in [1.165, 1.54) is 13.2 Å². The Morgan fingerprint density at radius 1 is 1.50 bits per heavy atom. The summed E-state index contributed by atoms with van der Waals surface area (Å²) in [4.78, 5) is 10.4. The second kappa shape index (κ2) is 7.23. The number of rotatable bonds is 7. The summed E-state index contributed by atoms with van der Waals surface area (Å²) in [6.45, 7) is 3.60. The topological polar surface area (TPSA) is 64.4 Å². The average molecular weight is 270 g/mol. The first kappa shape index (κ1) is 14.8. The Balaban J connectivity index is 2.69. The van der Waals surface area contributed by atoms with E-state index >= 15 is 0 Å². The average Bonchev–Trinajstić information content (AvgIpc) is 2.37. The van der Waals surface area contributed by atoms with Crippen molar-refractivity contribution in [3.05, 3.63) is 33.9 Å². The Hall–Kier alpha value is -1.27. The number of hydrogen-bond acceptors (Lipinski definition) is 5. The van der Waals surface area contributed by atoms with Crippen molar-refractivity contribution in [2.24, 2.45) is 0 Å². The van der Waals surface area contributed by atoms with Gasteiger partial charge in [0.05, 0.1) is 18.1 Å². The van der Waals surface area contributed by atoms with Gasteiger partial charge in [-0.3, -0.25) is 10.1 Å². The predicted octanol–water partition coefficient (Wildman–Crippen LogP) is 2.44. The number of nitrogens with one attached hydrogen (secondary N) is 1. The highest BCUT2D eigenvalue weighted by atomic mass is 32.2. The number of benzene rings is 1. The molecule has 1 atom stereocenters. The van der Waals surface area contributed by atoms with Gasteiger partial charge in [0.1, 0.15) is 5.75 Å². The number of nitro groups is 1. The predicted molar refractivity (Wildman–Crippen MR) is 74.3 cm³/mol. The van der Waals surface area contributed by atoms with Crippen LogP contribution in [0.15, 0.2) is 18.2 Å². The minimum absolute atomic E-state index is 0.0593. The number of non-ortho nitro benzene ring substituents is 1. The smallest absolute Gasteiger partial charge is 0.273 e. The van der Waals surface area contributed by atoms with Crippen LogP contribution in [-0.4, -0.2) is 30.1 Å². The highest BCUT2D eigenvalue weighted by Crippen LogP contribution is 2.22. The summed E-state index contributed by atoms with van der Waals surface area (Å²) in [5, 5.41) is 14.6. The van der Waals surface area contributed by atoms with Crippen LogP contribution >= 0.6 is 11.8 Å². The lowest BCUT2D eigenvalue weighted by Crippen LogP contribution is -2.22. The molecule has 0 bridgehead atoms. The number of nitrogens with zero attached hydrogens (tertiary/aromatic N) is 1. The molecule has 5 nitrogen and oxygen atoms in total. The minimum atomic E-state index is -0.406. The molecule has 100 valence electrons. The molecule has 0 spiro atoms. The highest BCUT2D eigenvalue weighted by Gasteiger charge is 2.10. The van der Waals surface area contributed by atoms with Crippen molar-refractivity contribution >= 4 is 17.4 Å². The van der Waals surface area contributed by atoms with Crippen molar-refractivity contribution in [3.8, 4) is 5.75 Å². The van der Waals surface area contributed by atoms with Crippen LogP contribution in [0.4, 0.5) is 5.69 Å². The molecule has 1 aromatic carbocycles. The van der Waals surface area contributed by atoms with Crippen LogP contribution in [0.5, 0.6) is 5.75 Å². The Labute approximate surface area is 111 Å². The fourth-order valence-corrected chi connectivity index (χ4v) is 1.76. The third-order valence-electron chi connectivity index (χ3n) is 2.56. The van der Waals surface area contributed by atoms with E-state index in [0.29, 0.717) is 17.5 Å². The molecule has 0 aliphatic rings. The van der Waals surface area contributed by atoms with Gasteiger partial charge in [-0.25, -0.2) is 0 Å². The van der Waals surface area contributed by atoms with E-state index in [4.69, 9.17) is 4.74 Å². The largest absolute Gasteiger partial charge is 0.496 e. The maximum atomic E-state index is 10.8. The van der Waals surface area contributed by atoms with Gasteiger partial charge in [0.15, 0.2) is 0 Å². The van der Waals surface area contributed by atoms with Crippen LogP contribution < -0.4 is 10.1 Å². The molecule has 0 radical (unpaired) electrons. The molecule has 0 amide bonds. The van der Waals surface area contributed by atoms with Gasteiger partial charge < -0.3 is 10.1 Å². The molecule has 0 aliphatic heterocycles. The van der Waals surface area contributed by atoms with E-state index < -0.39 is 4.92 Å². The summed E-state index contributed by atoms with van der Waals surface area (Å²) in [5.41, 5.74) is 0.915. The summed E-state index contributed by atoms with van der Waals surface area (Å²) in [6, 6.07) is 4.80. The van der Waals surface area contributed by atoms with Crippen molar-refractivity contribution in [2.45, 2.75) is 18.7 Å². The third kappa shape index (κ3) is 4.54. The molecule has 1 aromatic rings. The standard InChI is InChI=1S/C12H18N2O3S/c1-9(18-3)7-13-8-10-4-11(14(15)16)6-12(5-10)17-2/h4-6,9,13H,7-8H2,1-3H3. The van der Waals surface area contributed by atoms with E-state index in [0.717, 1.165) is 12.1 Å². The maximum Gasteiger partial charge on any atom is 0.273 e. The molecular formula is C12H18N2O3S. The molecular weight excluding hydrogens is 252 g/mol. The summed E-state index contributed by atoms with van der Waals surface area (Å²) in [5.74, 6) is 0.513. The number of methoxy groups -OCH3 is 1. The maximum absolute atomic E-state index is 10.8. The van der Waals surface area contributed by atoms with Gasteiger partial charge in [0.25, 0.3) is 5.69 Å². The first-order valence-electron chi connectivity index (χ1n) is 5.62. The normalized spacial score (nSPS) is 12.2. The van der Waals surface area contributed by atoms with Crippen molar-refractivity contribution in [1.29, 1.82) is 0 Å². The minimum Gasteiger partial charge on any atom is -0.496 e. The van der Waals surface area contributed by atoms with Crippen LogP contribution in [0.3, 0.4) is 0 Å². The number of thioether (sulfide) groups is 1. The van der Waals surface area contributed by atoms with Gasteiger partial charge in [-0.1, -0.05) is 6.92 Å². The van der Waals surface area contributed by atoms with Crippen LogP contribution in [0, 0.1) is 10.1 Å². The van der Waals surface area contributed by atoms with Crippen molar-refractivity contribution < 1.29 is 9.66 Å². The number of ether oxygens (including phenoxy) is 1. The van der Waals surface area contributed by atoms with Gasteiger partial charge in [-0.2, -0.15) is 11.8 Å². The first-order chi connectivity index (χ1) is 8.56. The molecule has 6 heteroatoms. The van der Waals surface area contributed by atoms with Crippen LogP contribution in [0.1, 0.15) is 12.5 Å². The van der Waals surface area contributed by atoms with E-state index in [9.17, 15) is 10.1 Å². The van der Waals surface area contributed by atoms with Crippen molar-refractivity contribution in [1.82, 2.24) is 5.32 Å². The molecule has 0 heterocycles. The second-order valence-corrected chi connectivity index (χ2v) is 5.25. The van der Waals surface area contributed by atoms with Gasteiger partial charge in [-0.15, -0.1) is 0 Å². The number of nitro benzene ring substituents is 1. The summed E-state index contributed by atoms with van der Waals surface area (Å²) < 4.78 is 5.06. The van der Waals surface area contributed by atoms with Gasteiger partial charge in [-0.05, 0) is 17.9 Å². The second-order valence-electron chi connectivity index (χ2n) is 3.97. The van der Waals surface area contributed by atoms with Crippen LogP contribution in [-0.2, 0) is 6.54 Å². The first-order valence-corrected chi connectivity index (χ1v) is 6.91. The molecule has 1 rings (SSSR count). The molecule has 0 saturated heterocycles. The lowest BCUT2D eigenvalue weighted by Gasteiger charge is -2.10. The summed E-state index contributed by atoms with van der Waals surface area (Å²) >= 11 is 1.78. The van der Waals surface area contributed by atoms with Crippen LogP contribution in [0.2, 0.25) is 0 Å². The Morgan fingerprint density at radius 3 is 2.78 bits per heavy atom. The Bertz CT molecular complexity index is 412.